The summed E-state index contributed by atoms with van der Waals surface area (Å²) in [6.07, 6.45) is 4.04. The van der Waals surface area contributed by atoms with Crippen LogP contribution in [0.4, 0.5) is 0 Å². The van der Waals surface area contributed by atoms with Crippen molar-refractivity contribution < 1.29 is 14.2 Å². The molecule has 2 unspecified atom stereocenters. The molecule has 0 radical (unpaired) electrons. The minimum Gasteiger partial charge on any atom is -0.328 e. The van der Waals surface area contributed by atoms with Gasteiger partial charge in [0.25, 0.3) is 5.97 Å². The van der Waals surface area contributed by atoms with Crippen LogP contribution in [0.15, 0.2) is 60.7 Å². The van der Waals surface area contributed by atoms with E-state index in [-0.39, 0.29) is 0 Å². The van der Waals surface area contributed by atoms with E-state index in [1.807, 2.05) is 20.8 Å². The molecule has 2 aromatic carbocycles. The highest BCUT2D eigenvalue weighted by Crippen LogP contribution is 2.52. The lowest BCUT2D eigenvalue weighted by Crippen LogP contribution is -2.44. The largest absolute Gasteiger partial charge is 0.328 e. The standard InChI is InChI=1S/C28H37NO3/c1-4-30-28(31-5-2,32-6-3)21-27(22-29)19-25(17-23-13-9-7-10-14-23)26(20-27)18-24-15-11-8-12-16-24/h7-16,25-26H,4-6,17-21H2,1-3H3. The molecule has 2 atom stereocenters. The van der Waals surface area contributed by atoms with Gasteiger partial charge < -0.3 is 14.2 Å². The Balaban J connectivity index is 1.88. The zero-order chi connectivity index (χ0) is 22.9. The van der Waals surface area contributed by atoms with E-state index in [4.69, 9.17) is 14.2 Å². The fourth-order valence-corrected chi connectivity index (χ4v) is 5.36. The molecule has 32 heavy (non-hydrogen) atoms. The average molecular weight is 436 g/mol. The van der Waals surface area contributed by atoms with E-state index in [2.05, 4.69) is 66.7 Å². The van der Waals surface area contributed by atoms with Crippen LogP contribution < -0.4 is 0 Å². The molecule has 2 aromatic rings. The molecule has 0 amide bonds. The third-order valence-electron chi connectivity index (χ3n) is 6.54. The summed E-state index contributed by atoms with van der Waals surface area (Å²) < 4.78 is 18.0. The Bertz CT molecular complexity index is 779. The molecular weight excluding hydrogens is 398 g/mol. The van der Waals surface area contributed by atoms with Crippen LogP contribution in [0.3, 0.4) is 0 Å². The first-order valence-corrected chi connectivity index (χ1v) is 12.0. The predicted octanol–water partition coefficient (Wildman–Crippen LogP) is 6.16. The molecule has 4 nitrogen and oxygen atoms in total. The van der Waals surface area contributed by atoms with Gasteiger partial charge in [-0.05, 0) is 69.4 Å². The highest BCUT2D eigenvalue weighted by Gasteiger charge is 2.51. The topological polar surface area (TPSA) is 51.5 Å². The first-order valence-electron chi connectivity index (χ1n) is 12.0. The lowest BCUT2D eigenvalue weighted by Gasteiger charge is -2.37. The van der Waals surface area contributed by atoms with Crippen molar-refractivity contribution >= 4 is 0 Å². The van der Waals surface area contributed by atoms with E-state index in [0.29, 0.717) is 38.1 Å². The molecule has 0 aromatic heterocycles. The van der Waals surface area contributed by atoms with Gasteiger partial charge >= 0.3 is 0 Å². The van der Waals surface area contributed by atoms with Gasteiger partial charge in [-0.1, -0.05) is 60.7 Å². The number of hydrogen-bond donors (Lipinski definition) is 0. The van der Waals surface area contributed by atoms with Crippen LogP contribution >= 0.6 is 0 Å². The number of hydrogen-bond acceptors (Lipinski definition) is 4. The summed E-state index contributed by atoms with van der Waals surface area (Å²) >= 11 is 0. The SMILES string of the molecule is CCOC(CC1(C#N)CC(Cc2ccccc2)C(Cc2ccccc2)C1)(OCC)OCC. The van der Waals surface area contributed by atoms with Gasteiger partial charge in [0.2, 0.25) is 0 Å². The van der Waals surface area contributed by atoms with E-state index in [1.54, 1.807) is 0 Å². The summed E-state index contributed by atoms with van der Waals surface area (Å²) in [5, 5.41) is 10.4. The van der Waals surface area contributed by atoms with Crippen LogP contribution in [-0.2, 0) is 27.1 Å². The van der Waals surface area contributed by atoms with Crippen molar-refractivity contribution in [3.63, 3.8) is 0 Å². The van der Waals surface area contributed by atoms with Crippen LogP contribution in [0, 0.1) is 28.6 Å². The van der Waals surface area contributed by atoms with Gasteiger partial charge in [-0.15, -0.1) is 0 Å². The molecule has 0 N–H and O–H groups in total. The van der Waals surface area contributed by atoms with Crippen LogP contribution in [0.2, 0.25) is 0 Å². The minimum absolute atomic E-state index is 0.417. The molecule has 1 saturated carbocycles. The van der Waals surface area contributed by atoms with Crippen molar-refractivity contribution in [3.05, 3.63) is 71.8 Å². The quantitative estimate of drug-likeness (QED) is 0.375. The van der Waals surface area contributed by atoms with E-state index in [9.17, 15) is 5.26 Å². The van der Waals surface area contributed by atoms with E-state index in [0.717, 1.165) is 25.7 Å². The summed E-state index contributed by atoms with van der Waals surface area (Å²) in [7, 11) is 0. The summed E-state index contributed by atoms with van der Waals surface area (Å²) in [6, 6.07) is 24.0. The van der Waals surface area contributed by atoms with Crippen molar-refractivity contribution in [2.75, 3.05) is 19.8 Å². The second kappa shape index (κ2) is 11.6. The second-order valence-electron chi connectivity index (χ2n) is 8.86. The molecule has 0 aliphatic heterocycles. The van der Waals surface area contributed by atoms with Crippen LogP contribution in [-0.4, -0.2) is 25.8 Å². The van der Waals surface area contributed by atoms with Crippen molar-refractivity contribution in [2.45, 2.75) is 58.8 Å². The Morgan fingerprint density at radius 2 is 1.19 bits per heavy atom. The molecule has 172 valence electrons. The molecule has 1 aliphatic carbocycles. The zero-order valence-corrected chi connectivity index (χ0v) is 19.8. The molecule has 3 rings (SSSR count). The lowest BCUT2D eigenvalue weighted by atomic mass is 9.81. The lowest BCUT2D eigenvalue weighted by molar-refractivity contribution is -0.386. The molecule has 0 bridgehead atoms. The molecular formula is C28H37NO3. The fraction of sp³-hybridized carbons (Fsp3) is 0.536. The van der Waals surface area contributed by atoms with Crippen molar-refractivity contribution in [1.29, 1.82) is 5.26 Å². The predicted molar refractivity (Wildman–Crippen MR) is 127 cm³/mol. The monoisotopic (exact) mass is 435 g/mol. The Labute approximate surface area is 193 Å². The second-order valence-corrected chi connectivity index (χ2v) is 8.86. The summed E-state index contributed by atoms with van der Waals surface area (Å²) in [5.41, 5.74) is 2.11. The van der Waals surface area contributed by atoms with Crippen molar-refractivity contribution in [3.8, 4) is 6.07 Å². The highest BCUT2D eigenvalue weighted by molar-refractivity contribution is 5.20. The summed E-state index contributed by atoms with van der Waals surface area (Å²) in [4.78, 5) is 0. The minimum atomic E-state index is -1.16. The molecule has 0 spiro atoms. The first-order chi connectivity index (χ1) is 15.6. The Kier molecular flexibility index (Phi) is 8.87. The van der Waals surface area contributed by atoms with E-state index in [1.165, 1.54) is 11.1 Å². The van der Waals surface area contributed by atoms with Gasteiger partial charge in [0.1, 0.15) is 0 Å². The fourth-order valence-electron chi connectivity index (χ4n) is 5.36. The molecule has 4 heteroatoms. The maximum Gasteiger partial charge on any atom is 0.284 e. The summed E-state index contributed by atoms with van der Waals surface area (Å²) in [6.45, 7) is 7.25. The normalized spacial score (nSPS) is 23.2. The van der Waals surface area contributed by atoms with Gasteiger partial charge in [0, 0.05) is 26.2 Å². The number of ether oxygens (including phenoxy) is 3. The van der Waals surface area contributed by atoms with Gasteiger partial charge in [0.15, 0.2) is 0 Å². The Morgan fingerprint density at radius 3 is 1.53 bits per heavy atom. The number of nitriles is 1. The number of nitrogens with zero attached hydrogens (tertiary/aromatic N) is 1. The highest BCUT2D eigenvalue weighted by atomic mass is 16.9. The van der Waals surface area contributed by atoms with Crippen LogP contribution in [0.5, 0.6) is 0 Å². The van der Waals surface area contributed by atoms with Crippen LogP contribution in [0.25, 0.3) is 0 Å². The maximum atomic E-state index is 10.4. The van der Waals surface area contributed by atoms with Crippen LogP contribution in [0.1, 0.15) is 51.2 Å². The molecule has 0 saturated heterocycles. The van der Waals surface area contributed by atoms with E-state index < -0.39 is 11.4 Å². The van der Waals surface area contributed by atoms with Crippen molar-refractivity contribution in [1.82, 2.24) is 0 Å². The maximum absolute atomic E-state index is 10.4. The molecule has 0 heterocycles. The molecule has 1 fully saturated rings. The third kappa shape index (κ3) is 6.19. The zero-order valence-electron chi connectivity index (χ0n) is 19.8. The first kappa shape index (κ1) is 24.5. The Morgan fingerprint density at radius 1 is 0.781 bits per heavy atom. The Hall–Kier alpha value is -2.19. The van der Waals surface area contributed by atoms with Gasteiger partial charge in [-0.25, -0.2) is 0 Å². The number of benzene rings is 2. The van der Waals surface area contributed by atoms with E-state index >= 15 is 0 Å². The smallest absolute Gasteiger partial charge is 0.284 e. The third-order valence-corrected chi connectivity index (χ3v) is 6.54. The average Bonchev–Trinajstić information content (AvgIpc) is 3.12. The van der Waals surface area contributed by atoms with Gasteiger partial charge in [-0.3, -0.25) is 0 Å². The van der Waals surface area contributed by atoms with Crippen molar-refractivity contribution in [2.24, 2.45) is 17.3 Å². The summed E-state index contributed by atoms with van der Waals surface area (Å²) in [5.74, 6) is -0.327. The number of rotatable bonds is 12. The van der Waals surface area contributed by atoms with Gasteiger partial charge in [-0.2, -0.15) is 5.26 Å². The molecule has 1 aliphatic rings. The van der Waals surface area contributed by atoms with Gasteiger partial charge in [0.05, 0.1) is 11.5 Å².